The lowest BCUT2D eigenvalue weighted by atomic mass is 10.0. The lowest BCUT2D eigenvalue weighted by Gasteiger charge is -2.35. The average Bonchev–Trinajstić information content (AvgIpc) is 2.98. The molecule has 8 heteroatoms. The largest absolute Gasteiger partial charge is 0.497 e. The van der Waals surface area contributed by atoms with Crippen molar-refractivity contribution >= 4 is 16.7 Å². The molecule has 1 aliphatic rings. The Morgan fingerprint density at radius 2 is 1.77 bits per heavy atom. The smallest absolute Gasteiger partial charge is 0.200 e. The van der Waals surface area contributed by atoms with Gasteiger partial charge in [0.25, 0.3) is 0 Å². The Morgan fingerprint density at radius 1 is 0.974 bits per heavy atom. The van der Waals surface area contributed by atoms with E-state index in [1.165, 1.54) is 6.07 Å². The molecule has 1 fully saturated rings. The Kier molecular flexibility index (Phi) is 8.42. The Bertz CT molecular complexity index is 1450. The summed E-state index contributed by atoms with van der Waals surface area (Å²) < 4.78 is 28.5. The van der Waals surface area contributed by atoms with Gasteiger partial charge in [0.2, 0.25) is 0 Å². The summed E-state index contributed by atoms with van der Waals surface area (Å²) in [7, 11) is 1.60. The van der Waals surface area contributed by atoms with Gasteiger partial charge >= 0.3 is 0 Å². The van der Waals surface area contributed by atoms with Gasteiger partial charge in [-0.2, -0.15) is 0 Å². The van der Waals surface area contributed by atoms with Gasteiger partial charge in [0.15, 0.2) is 5.43 Å². The maximum atomic E-state index is 15.2. The average molecular weight is 531 g/mol. The first-order valence-electron chi connectivity index (χ1n) is 13.6. The monoisotopic (exact) mass is 530 g/mol. The lowest BCUT2D eigenvalue weighted by molar-refractivity contribution is 0.250. The molecule has 1 aliphatic heterocycles. The van der Waals surface area contributed by atoms with E-state index in [-0.39, 0.29) is 10.8 Å². The number of halogens is 1. The molecule has 5 rings (SSSR count). The van der Waals surface area contributed by atoms with Crippen molar-refractivity contribution in [2.24, 2.45) is 0 Å². The van der Waals surface area contributed by atoms with Crippen LogP contribution in [-0.2, 0) is 6.54 Å². The van der Waals surface area contributed by atoms with Gasteiger partial charge in [-0.3, -0.25) is 9.69 Å². The molecule has 0 unspecified atom stereocenters. The van der Waals surface area contributed by atoms with Crippen LogP contribution in [0.15, 0.2) is 71.8 Å². The van der Waals surface area contributed by atoms with Gasteiger partial charge in [-0.1, -0.05) is 25.1 Å². The number of rotatable bonds is 10. The molecule has 3 heterocycles. The summed E-state index contributed by atoms with van der Waals surface area (Å²) in [5, 5.41) is 0.0703. The molecule has 7 nitrogen and oxygen atoms in total. The highest BCUT2D eigenvalue weighted by Gasteiger charge is 2.20. The molecule has 2 aromatic carbocycles. The Balaban J connectivity index is 1.40. The predicted octanol–water partition coefficient (Wildman–Crippen LogP) is 5.21. The quantitative estimate of drug-likeness (QED) is 0.281. The molecular weight excluding hydrogens is 495 g/mol. The zero-order chi connectivity index (χ0) is 27.2. The van der Waals surface area contributed by atoms with Gasteiger partial charge in [0.05, 0.1) is 24.6 Å². The van der Waals surface area contributed by atoms with Crippen LogP contribution in [0.1, 0.15) is 19.8 Å². The van der Waals surface area contributed by atoms with Crippen LogP contribution in [0, 0.1) is 5.82 Å². The molecular formula is C31H35FN4O3. The van der Waals surface area contributed by atoms with Crippen molar-refractivity contribution in [3.63, 3.8) is 0 Å². The van der Waals surface area contributed by atoms with Crippen LogP contribution in [0.2, 0.25) is 0 Å². The maximum Gasteiger partial charge on any atom is 0.200 e. The second-order valence-corrected chi connectivity index (χ2v) is 9.78. The van der Waals surface area contributed by atoms with Gasteiger partial charge < -0.3 is 18.9 Å². The summed E-state index contributed by atoms with van der Waals surface area (Å²) in [6.07, 6.45) is 5.35. The van der Waals surface area contributed by atoms with E-state index in [2.05, 4.69) is 20.9 Å². The minimum atomic E-state index is -0.534. The minimum absolute atomic E-state index is 0.0703. The molecule has 0 aliphatic carbocycles. The molecule has 0 bridgehead atoms. The normalized spacial score (nSPS) is 14.1. The van der Waals surface area contributed by atoms with Gasteiger partial charge in [-0.05, 0) is 61.3 Å². The Labute approximate surface area is 228 Å². The summed E-state index contributed by atoms with van der Waals surface area (Å²) in [4.78, 5) is 22.8. The number of nitrogens with zero attached hydrogens (tertiary/aromatic N) is 4. The highest BCUT2D eigenvalue weighted by Crippen LogP contribution is 2.30. The van der Waals surface area contributed by atoms with Crippen LogP contribution in [-0.4, -0.2) is 60.9 Å². The van der Waals surface area contributed by atoms with Crippen LogP contribution >= 0.6 is 0 Å². The number of hydrogen-bond donors (Lipinski definition) is 0. The standard InChI is InChI=1S/C31H35FN4O3/c1-3-21-39-27-13-12-26(32)29-30(27)36(22-25(31(29)37)23-8-10-24(38-2)11-9-23)16-6-15-34-17-19-35(20-18-34)28-7-4-5-14-33-28/h4-5,7-14,22H,3,6,15-21H2,1-2H3. The van der Waals surface area contributed by atoms with Gasteiger partial charge in [0.1, 0.15) is 23.1 Å². The summed E-state index contributed by atoms with van der Waals surface area (Å²) in [5.41, 5.74) is 1.37. The number of aromatic nitrogens is 2. The van der Waals surface area contributed by atoms with E-state index in [4.69, 9.17) is 9.47 Å². The lowest BCUT2D eigenvalue weighted by Crippen LogP contribution is -2.47. The van der Waals surface area contributed by atoms with E-state index in [0.29, 0.717) is 35.7 Å². The fraction of sp³-hybridized carbons (Fsp3) is 0.355. The number of methoxy groups -OCH3 is 1. The fourth-order valence-corrected chi connectivity index (χ4v) is 5.15. The molecule has 4 aromatic rings. The summed E-state index contributed by atoms with van der Waals surface area (Å²) in [5.74, 6) is 1.72. The number of benzene rings is 2. The Morgan fingerprint density at radius 3 is 2.46 bits per heavy atom. The predicted molar refractivity (Wildman–Crippen MR) is 153 cm³/mol. The highest BCUT2D eigenvalue weighted by molar-refractivity contribution is 5.89. The molecule has 0 N–H and O–H groups in total. The van der Waals surface area contributed by atoms with Crippen LogP contribution < -0.4 is 19.8 Å². The summed E-state index contributed by atoms with van der Waals surface area (Å²) in [6, 6.07) is 16.3. The van der Waals surface area contributed by atoms with Gasteiger partial charge in [-0.15, -0.1) is 0 Å². The first kappa shape index (κ1) is 26.7. The highest BCUT2D eigenvalue weighted by atomic mass is 19.1. The summed E-state index contributed by atoms with van der Waals surface area (Å²) in [6.45, 7) is 7.83. The second kappa shape index (κ2) is 12.3. The van der Waals surface area contributed by atoms with E-state index in [0.717, 1.165) is 56.9 Å². The zero-order valence-corrected chi connectivity index (χ0v) is 22.6. The van der Waals surface area contributed by atoms with Crippen LogP contribution in [0.4, 0.5) is 10.2 Å². The van der Waals surface area contributed by atoms with E-state index >= 15 is 4.39 Å². The third-order valence-corrected chi connectivity index (χ3v) is 7.22. The molecule has 0 spiro atoms. The molecule has 2 aromatic heterocycles. The zero-order valence-electron chi connectivity index (χ0n) is 22.6. The van der Waals surface area contributed by atoms with Crippen molar-refractivity contribution in [3.8, 4) is 22.6 Å². The number of anilines is 1. The molecule has 39 heavy (non-hydrogen) atoms. The first-order valence-corrected chi connectivity index (χ1v) is 13.6. The van der Waals surface area contributed by atoms with Crippen LogP contribution in [0.3, 0.4) is 0 Å². The van der Waals surface area contributed by atoms with Crippen LogP contribution in [0.25, 0.3) is 22.0 Å². The van der Waals surface area contributed by atoms with Crippen LogP contribution in [0.5, 0.6) is 11.5 Å². The van der Waals surface area contributed by atoms with E-state index in [1.807, 2.05) is 60.3 Å². The number of hydrogen-bond acceptors (Lipinski definition) is 6. The fourth-order valence-electron chi connectivity index (χ4n) is 5.15. The van der Waals surface area contributed by atoms with Crippen molar-refractivity contribution in [3.05, 3.63) is 83.0 Å². The maximum absolute atomic E-state index is 15.2. The number of piperazine rings is 1. The third-order valence-electron chi connectivity index (χ3n) is 7.22. The first-order chi connectivity index (χ1) is 19.1. The van der Waals surface area contributed by atoms with Gasteiger partial charge in [0, 0.05) is 50.7 Å². The van der Waals surface area contributed by atoms with Crippen molar-refractivity contribution in [1.82, 2.24) is 14.5 Å². The second-order valence-electron chi connectivity index (χ2n) is 9.78. The van der Waals surface area contributed by atoms with E-state index in [1.54, 1.807) is 13.2 Å². The van der Waals surface area contributed by atoms with Crippen molar-refractivity contribution in [1.29, 1.82) is 0 Å². The SMILES string of the molecule is CCCOc1ccc(F)c2c(=O)c(-c3ccc(OC)cc3)cn(CCCN3CCN(c4ccccn4)CC3)c12. The molecule has 0 amide bonds. The number of ether oxygens (including phenoxy) is 2. The molecule has 1 saturated heterocycles. The molecule has 0 radical (unpaired) electrons. The van der Waals surface area contributed by atoms with Crippen molar-refractivity contribution < 1.29 is 13.9 Å². The number of aryl methyl sites for hydroxylation is 1. The molecule has 0 atom stereocenters. The third kappa shape index (κ3) is 5.91. The van der Waals surface area contributed by atoms with Crippen molar-refractivity contribution in [2.45, 2.75) is 26.3 Å². The van der Waals surface area contributed by atoms with Crippen molar-refractivity contribution in [2.75, 3.05) is 51.3 Å². The Hall–Kier alpha value is -3.91. The molecule has 204 valence electrons. The minimum Gasteiger partial charge on any atom is -0.497 e. The van der Waals surface area contributed by atoms with Gasteiger partial charge in [-0.25, -0.2) is 9.37 Å². The van der Waals surface area contributed by atoms with E-state index in [9.17, 15) is 4.79 Å². The summed E-state index contributed by atoms with van der Waals surface area (Å²) >= 11 is 0. The number of pyridine rings is 2. The topological polar surface area (TPSA) is 59.8 Å². The molecule has 0 saturated carbocycles. The number of fused-ring (bicyclic) bond motifs is 1. The van der Waals surface area contributed by atoms with E-state index < -0.39 is 5.82 Å².